The van der Waals surface area contributed by atoms with Gasteiger partial charge in [0.05, 0.1) is 0 Å². The highest BCUT2D eigenvalue weighted by atomic mass is 35.5. The number of anilines is 1. The van der Waals surface area contributed by atoms with Crippen LogP contribution >= 0.6 is 11.6 Å². The first-order valence-corrected chi connectivity index (χ1v) is 4.89. The van der Waals surface area contributed by atoms with Gasteiger partial charge in [0.2, 0.25) is 0 Å². The summed E-state index contributed by atoms with van der Waals surface area (Å²) < 4.78 is 0. The first kappa shape index (κ1) is 8.85. The molecule has 2 nitrogen and oxygen atoms in total. The predicted molar refractivity (Wildman–Crippen MR) is 55.7 cm³/mol. The van der Waals surface area contributed by atoms with E-state index >= 15 is 0 Å². The number of benzene rings is 1. The van der Waals surface area contributed by atoms with Crippen molar-refractivity contribution in [2.24, 2.45) is 5.73 Å². The van der Waals surface area contributed by atoms with Gasteiger partial charge in [-0.1, -0.05) is 11.6 Å². The smallest absolute Gasteiger partial charge is 0.0461 e. The molecule has 0 bridgehead atoms. The van der Waals surface area contributed by atoms with Crippen LogP contribution in [0.1, 0.15) is 30.0 Å². The van der Waals surface area contributed by atoms with Gasteiger partial charge in [0.25, 0.3) is 0 Å². The van der Waals surface area contributed by atoms with Gasteiger partial charge >= 0.3 is 0 Å². The molecule has 1 unspecified atom stereocenters. The summed E-state index contributed by atoms with van der Waals surface area (Å²) in [5, 5.41) is 0.769. The molecule has 0 aliphatic heterocycles. The van der Waals surface area contributed by atoms with Gasteiger partial charge in [0, 0.05) is 16.8 Å². The number of halogens is 1. The Hall–Kier alpha value is -0.730. The predicted octanol–water partition coefficient (Wildman–Crippen LogP) is 2.26. The van der Waals surface area contributed by atoms with Crippen LogP contribution < -0.4 is 11.5 Å². The second kappa shape index (κ2) is 3.20. The highest BCUT2D eigenvalue weighted by molar-refractivity contribution is 6.31. The van der Waals surface area contributed by atoms with E-state index < -0.39 is 0 Å². The third-order valence-electron chi connectivity index (χ3n) is 2.59. The Labute approximate surface area is 82.9 Å². The Bertz CT molecular complexity index is 336. The summed E-state index contributed by atoms with van der Waals surface area (Å²) in [5.41, 5.74) is 14.7. The molecule has 0 saturated heterocycles. The zero-order chi connectivity index (χ0) is 9.42. The third-order valence-corrected chi connectivity index (χ3v) is 2.93. The van der Waals surface area contributed by atoms with Crippen molar-refractivity contribution in [2.45, 2.75) is 25.3 Å². The molecule has 1 aliphatic rings. The summed E-state index contributed by atoms with van der Waals surface area (Å²) in [6, 6.07) is 3.87. The number of nitrogens with two attached hydrogens (primary N) is 2. The van der Waals surface area contributed by atoms with E-state index in [4.69, 9.17) is 23.1 Å². The molecule has 0 saturated carbocycles. The van der Waals surface area contributed by atoms with Gasteiger partial charge in [-0.05, 0) is 42.5 Å². The van der Waals surface area contributed by atoms with E-state index in [1.165, 1.54) is 5.56 Å². The lowest BCUT2D eigenvalue weighted by Crippen LogP contribution is -2.18. The maximum absolute atomic E-state index is 6.08. The average Bonchev–Trinajstić information content (AvgIpc) is 2.07. The van der Waals surface area contributed by atoms with E-state index in [-0.39, 0.29) is 6.04 Å². The minimum atomic E-state index is 0.116. The molecule has 0 radical (unpaired) electrons. The fourth-order valence-electron chi connectivity index (χ4n) is 1.93. The highest BCUT2D eigenvalue weighted by Crippen LogP contribution is 2.34. The molecular formula is C10H13ClN2. The highest BCUT2D eigenvalue weighted by Gasteiger charge is 2.19. The molecule has 2 rings (SSSR count). The van der Waals surface area contributed by atoms with Crippen molar-refractivity contribution >= 4 is 17.3 Å². The van der Waals surface area contributed by atoms with Crippen molar-refractivity contribution in [2.75, 3.05) is 5.73 Å². The van der Waals surface area contributed by atoms with Gasteiger partial charge < -0.3 is 11.5 Å². The van der Waals surface area contributed by atoms with Crippen molar-refractivity contribution in [3.63, 3.8) is 0 Å². The molecule has 1 aromatic carbocycles. The molecule has 1 aromatic rings. The SMILES string of the molecule is Nc1cc(Cl)c2c(c1)C(N)CCC2. The molecule has 4 N–H and O–H groups in total. The molecule has 0 spiro atoms. The number of fused-ring (bicyclic) bond motifs is 1. The van der Waals surface area contributed by atoms with Gasteiger partial charge in [-0.2, -0.15) is 0 Å². The Morgan fingerprint density at radius 2 is 2.15 bits per heavy atom. The fraction of sp³-hybridized carbons (Fsp3) is 0.400. The van der Waals surface area contributed by atoms with Gasteiger partial charge in [-0.15, -0.1) is 0 Å². The largest absolute Gasteiger partial charge is 0.399 e. The van der Waals surface area contributed by atoms with E-state index in [1.54, 1.807) is 6.07 Å². The quantitative estimate of drug-likeness (QED) is 0.626. The minimum Gasteiger partial charge on any atom is -0.399 e. The van der Waals surface area contributed by atoms with Crippen LogP contribution in [0.25, 0.3) is 0 Å². The Kier molecular flexibility index (Phi) is 2.18. The topological polar surface area (TPSA) is 52.0 Å². The summed E-state index contributed by atoms with van der Waals surface area (Å²) in [6.45, 7) is 0. The molecule has 1 aliphatic carbocycles. The molecule has 0 fully saturated rings. The van der Waals surface area contributed by atoms with Gasteiger partial charge in [-0.25, -0.2) is 0 Å². The Morgan fingerprint density at radius 3 is 2.92 bits per heavy atom. The number of hydrogen-bond donors (Lipinski definition) is 2. The zero-order valence-electron chi connectivity index (χ0n) is 7.39. The van der Waals surface area contributed by atoms with Crippen LogP contribution in [0.5, 0.6) is 0 Å². The monoisotopic (exact) mass is 196 g/mol. The Morgan fingerprint density at radius 1 is 1.38 bits per heavy atom. The molecule has 1 atom stereocenters. The summed E-state index contributed by atoms with van der Waals surface area (Å²) in [7, 11) is 0. The summed E-state index contributed by atoms with van der Waals surface area (Å²) >= 11 is 6.08. The second-order valence-electron chi connectivity index (χ2n) is 3.57. The van der Waals surface area contributed by atoms with E-state index in [0.717, 1.165) is 29.8 Å². The van der Waals surface area contributed by atoms with E-state index in [0.29, 0.717) is 5.69 Å². The molecule has 70 valence electrons. The van der Waals surface area contributed by atoms with Crippen molar-refractivity contribution < 1.29 is 0 Å². The van der Waals surface area contributed by atoms with Crippen molar-refractivity contribution in [1.29, 1.82) is 0 Å². The zero-order valence-corrected chi connectivity index (χ0v) is 8.14. The summed E-state index contributed by atoms with van der Waals surface area (Å²) in [4.78, 5) is 0. The molecule has 0 heterocycles. The first-order valence-electron chi connectivity index (χ1n) is 4.52. The standard InChI is InChI=1S/C10H13ClN2/c11-9-5-6(12)4-8-7(9)2-1-3-10(8)13/h4-5,10H,1-3,12-13H2. The first-order chi connectivity index (χ1) is 6.18. The van der Waals surface area contributed by atoms with Crippen molar-refractivity contribution in [1.82, 2.24) is 0 Å². The molecule has 13 heavy (non-hydrogen) atoms. The minimum absolute atomic E-state index is 0.116. The molecular weight excluding hydrogens is 184 g/mol. The lowest BCUT2D eigenvalue weighted by molar-refractivity contribution is 0.571. The Balaban J connectivity index is 2.56. The van der Waals surface area contributed by atoms with Crippen LogP contribution in [-0.4, -0.2) is 0 Å². The van der Waals surface area contributed by atoms with Gasteiger partial charge in [0.1, 0.15) is 0 Å². The number of hydrogen-bond acceptors (Lipinski definition) is 2. The molecule has 3 heteroatoms. The van der Waals surface area contributed by atoms with Crippen LogP contribution in [0.15, 0.2) is 12.1 Å². The van der Waals surface area contributed by atoms with Crippen LogP contribution in [0.4, 0.5) is 5.69 Å². The number of rotatable bonds is 0. The third kappa shape index (κ3) is 1.52. The second-order valence-corrected chi connectivity index (χ2v) is 3.98. The van der Waals surface area contributed by atoms with E-state index in [1.807, 2.05) is 6.07 Å². The van der Waals surface area contributed by atoms with Crippen LogP contribution in [0, 0.1) is 0 Å². The van der Waals surface area contributed by atoms with E-state index in [9.17, 15) is 0 Å². The molecule has 0 aromatic heterocycles. The maximum Gasteiger partial charge on any atom is 0.0461 e. The van der Waals surface area contributed by atoms with Crippen LogP contribution in [-0.2, 0) is 6.42 Å². The van der Waals surface area contributed by atoms with Gasteiger partial charge in [0.15, 0.2) is 0 Å². The van der Waals surface area contributed by atoms with Crippen LogP contribution in [0.2, 0.25) is 5.02 Å². The van der Waals surface area contributed by atoms with Crippen molar-refractivity contribution in [3.8, 4) is 0 Å². The van der Waals surface area contributed by atoms with Crippen LogP contribution in [0.3, 0.4) is 0 Å². The van der Waals surface area contributed by atoms with Gasteiger partial charge in [-0.3, -0.25) is 0 Å². The average molecular weight is 197 g/mol. The number of nitrogen functional groups attached to an aromatic ring is 1. The summed E-state index contributed by atoms with van der Waals surface area (Å²) in [5.74, 6) is 0. The fourth-order valence-corrected chi connectivity index (χ4v) is 2.26. The maximum atomic E-state index is 6.08. The summed E-state index contributed by atoms with van der Waals surface area (Å²) in [6.07, 6.45) is 3.19. The molecule has 0 amide bonds. The van der Waals surface area contributed by atoms with E-state index in [2.05, 4.69) is 0 Å². The normalized spacial score (nSPS) is 21.2. The lowest BCUT2D eigenvalue weighted by atomic mass is 9.88. The van der Waals surface area contributed by atoms with Crippen molar-refractivity contribution in [3.05, 3.63) is 28.3 Å². The lowest BCUT2D eigenvalue weighted by Gasteiger charge is -2.23.